The van der Waals surface area contributed by atoms with Gasteiger partial charge in [-0.1, -0.05) is 48.5 Å². The molecule has 1 fully saturated rings. The third kappa shape index (κ3) is 3.56. The molecule has 4 nitrogen and oxygen atoms in total. The number of benzene rings is 2. The molecule has 0 aliphatic carbocycles. The molecule has 3 aromatic rings. The van der Waals surface area contributed by atoms with Crippen LogP contribution in [0.15, 0.2) is 87.1 Å². The smallest absolute Gasteiger partial charge is 0.264 e. The minimum absolute atomic E-state index is 0.169. The molecule has 1 aliphatic rings. The van der Waals surface area contributed by atoms with Gasteiger partial charge in [0, 0.05) is 11.6 Å². The van der Waals surface area contributed by atoms with E-state index in [4.69, 9.17) is 4.42 Å². The van der Waals surface area contributed by atoms with E-state index in [1.807, 2.05) is 72.8 Å². The lowest BCUT2D eigenvalue weighted by Crippen LogP contribution is -2.19. The van der Waals surface area contributed by atoms with Gasteiger partial charge >= 0.3 is 0 Å². The Morgan fingerprint density at radius 1 is 0.920 bits per heavy atom. The lowest BCUT2D eigenvalue weighted by Gasteiger charge is -1.95. The van der Waals surface area contributed by atoms with Crippen LogP contribution >= 0.6 is 11.8 Å². The highest BCUT2D eigenvalue weighted by Gasteiger charge is 2.24. The number of rotatable bonds is 3. The largest absolute Gasteiger partial charge is 0.457 e. The minimum Gasteiger partial charge on any atom is -0.457 e. The summed E-state index contributed by atoms with van der Waals surface area (Å²) in [6.07, 6.45) is 1.74. The molecule has 25 heavy (non-hydrogen) atoms. The van der Waals surface area contributed by atoms with E-state index < -0.39 is 0 Å². The SMILES string of the molecule is O=C1NC(=Nc2ccccc2)S/C1=C\c1ccc(-c2ccccc2)o1. The number of hydrogen-bond acceptors (Lipinski definition) is 4. The molecule has 0 unspecified atom stereocenters. The van der Waals surface area contributed by atoms with Gasteiger partial charge in [0.05, 0.1) is 10.6 Å². The molecule has 0 radical (unpaired) electrons. The Morgan fingerprint density at radius 2 is 1.64 bits per heavy atom. The van der Waals surface area contributed by atoms with E-state index in [1.165, 1.54) is 11.8 Å². The van der Waals surface area contributed by atoms with E-state index in [0.717, 1.165) is 17.0 Å². The molecule has 0 bridgehead atoms. The van der Waals surface area contributed by atoms with Crippen LogP contribution in [0.1, 0.15) is 5.76 Å². The quantitative estimate of drug-likeness (QED) is 0.691. The van der Waals surface area contributed by atoms with Gasteiger partial charge in [-0.3, -0.25) is 4.79 Å². The molecule has 122 valence electrons. The highest BCUT2D eigenvalue weighted by atomic mass is 32.2. The first-order valence-electron chi connectivity index (χ1n) is 7.78. The number of para-hydroxylation sites is 1. The van der Waals surface area contributed by atoms with Crippen molar-refractivity contribution in [3.05, 3.63) is 83.5 Å². The van der Waals surface area contributed by atoms with E-state index in [1.54, 1.807) is 6.08 Å². The Labute approximate surface area is 149 Å². The number of thioether (sulfide) groups is 1. The Kier molecular flexibility index (Phi) is 4.23. The fraction of sp³-hybridized carbons (Fsp3) is 0. The number of amides is 1. The van der Waals surface area contributed by atoms with Gasteiger partial charge in [0.2, 0.25) is 0 Å². The number of hydrogen-bond donors (Lipinski definition) is 1. The first-order valence-corrected chi connectivity index (χ1v) is 8.59. The van der Waals surface area contributed by atoms with Crippen molar-refractivity contribution in [2.45, 2.75) is 0 Å². The Morgan fingerprint density at radius 3 is 2.40 bits per heavy atom. The molecule has 0 atom stereocenters. The van der Waals surface area contributed by atoms with Crippen LogP contribution in [0, 0.1) is 0 Å². The fourth-order valence-corrected chi connectivity index (χ4v) is 3.24. The summed E-state index contributed by atoms with van der Waals surface area (Å²) in [5.74, 6) is 1.24. The van der Waals surface area contributed by atoms with Gasteiger partial charge in [-0.05, 0) is 36.0 Å². The van der Waals surface area contributed by atoms with Crippen LogP contribution in [0.5, 0.6) is 0 Å². The Bertz CT molecular complexity index is 960. The number of aliphatic imine (C=N–C) groups is 1. The average molecular weight is 346 g/mol. The number of amidine groups is 1. The van der Waals surface area contributed by atoms with E-state index in [0.29, 0.717) is 15.8 Å². The van der Waals surface area contributed by atoms with Gasteiger partial charge in [-0.2, -0.15) is 0 Å². The third-order valence-electron chi connectivity index (χ3n) is 3.60. The van der Waals surface area contributed by atoms with Gasteiger partial charge in [-0.15, -0.1) is 0 Å². The molecule has 1 saturated heterocycles. The average Bonchev–Trinajstić information content (AvgIpc) is 3.24. The van der Waals surface area contributed by atoms with Crippen molar-refractivity contribution in [1.82, 2.24) is 5.32 Å². The second kappa shape index (κ2) is 6.83. The highest BCUT2D eigenvalue weighted by Crippen LogP contribution is 2.29. The molecular weight excluding hydrogens is 332 g/mol. The van der Waals surface area contributed by atoms with Gasteiger partial charge in [0.1, 0.15) is 11.5 Å². The summed E-state index contributed by atoms with van der Waals surface area (Å²) >= 11 is 1.30. The maximum Gasteiger partial charge on any atom is 0.264 e. The van der Waals surface area contributed by atoms with Crippen LogP contribution in [0.25, 0.3) is 17.4 Å². The fourth-order valence-electron chi connectivity index (χ4n) is 2.42. The van der Waals surface area contributed by atoms with Gasteiger partial charge in [0.25, 0.3) is 5.91 Å². The first kappa shape index (κ1) is 15.5. The Balaban J connectivity index is 1.55. The maximum atomic E-state index is 12.1. The topological polar surface area (TPSA) is 54.6 Å². The molecule has 1 aromatic heterocycles. The van der Waals surface area contributed by atoms with E-state index in [-0.39, 0.29) is 5.91 Å². The van der Waals surface area contributed by atoms with Crippen LogP contribution in [0.3, 0.4) is 0 Å². The van der Waals surface area contributed by atoms with Crippen molar-refractivity contribution >= 4 is 34.6 Å². The van der Waals surface area contributed by atoms with E-state index >= 15 is 0 Å². The van der Waals surface area contributed by atoms with Gasteiger partial charge in [-0.25, -0.2) is 4.99 Å². The first-order chi connectivity index (χ1) is 12.3. The van der Waals surface area contributed by atoms with Crippen molar-refractivity contribution in [2.75, 3.05) is 0 Å². The number of nitrogens with zero attached hydrogens (tertiary/aromatic N) is 1. The summed E-state index contributed by atoms with van der Waals surface area (Å²) in [5, 5.41) is 3.34. The third-order valence-corrected chi connectivity index (χ3v) is 4.51. The Hall–Kier alpha value is -3.05. The minimum atomic E-state index is -0.169. The predicted molar refractivity (Wildman–Crippen MR) is 101 cm³/mol. The summed E-state index contributed by atoms with van der Waals surface area (Å²) in [4.78, 5) is 17.1. The number of nitrogens with one attached hydrogen (secondary N) is 1. The zero-order chi connectivity index (χ0) is 17.1. The summed E-state index contributed by atoms with van der Waals surface area (Å²) in [5.41, 5.74) is 1.80. The van der Waals surface area contributed by atoms with Crippen molar-refractivity contribution in [2.24, 2.45) is 4.99 Å². The maximum absolute atomic E-state index is 12.1. The molecule has 1 N–H and O–H groups in total. The van der Waals surface area contributed by atoms with Crippen LogP contribution in [0.4, 0.5) is 5.69 Å². The molecule has 1 amide bonds. The van der Waals surface area contributed by atoms with Crippen LogP contribution in [-0.4, -0.2) is 11.1 Å². The normalized spacial score (nSPS) is 17.2. The van der Waals surface area contributed by atoms with Gasteiger partial charge in [0.15, 0.2) is 5.17 Å². The second-order valence-corrected chi connectivity index (χ2v) is 6.42. The number of carbonyl (C=O) groups is 1. The summed E-state index contributed by atoms with van der Waals surface area (Å²) in [6, 6.07) is 23.1. The van der Waals surface area contributed by atoms with Crippen LogP contribution in [-0.2, 0) is 4.79 Å². The molecule has 0 spiro atoms. The lowest BCUT2D eigenvalue weighted by atomic mass is 10.2. The summed E-state index contributed by atoms with van der Waals surface area (Å²) in [7, 11) is 0. The monoisotopic (exact) mass is 346 g/mol. The van der Waals surface area contributed by atoms with Crippen molar-refractivity contribution in [1.29, 1.82) is 0 Å². The molecule has 2 aromatic carbocycles. The zero-order valence-electron chi connectivity index (χ0n) is 13.2. The van der Waals surface area contributed by atoms with Crippen LogP contribution < -0.4 is 5.32 Å². The van der Waals surface area contributed by atoms with Crippen molar-refractivity contribution in [3.63, 3.8) is 0 Å². The van der Waals surface area contributed by atoms with Crippen LogP contribution in [0.2, 0.25) is 0 Å². The number of furan rings is 1. The molecule has 5 heteroatoms. The predicted octanol–water partition coefficient (Wildman–Crippen LogP) is 4.84. The summed E-state index contributed by atoms with van der Waals surface area (Å²) < 4.78 is 5.82. The molecule has 2 heterocycles. The molecule has 0 saturated carbocycles. The molecular formula is C20H14N2O2S. The van der Waals surface area contributed by atoms with Crippen molar-refractivity contribution in [3.8, 4) is 11.3 Å². The zero-order valence-corrected chi connectivity index (χ0v) is 14.0. The molecule has 4 rings (SSSR count). The highest BCUT2D eigenvalue weighted by molar-refractivity contribution is 8.18. The van der Waals surface area contributed by atoms with Crippen molar-refractivity contribution < 1.29 is 9.21 Å². The molecule has 1 aliphatic heterocycles. The standard InChI is InChI=1S/C20H14N2O2S/c23-19-18(25-20(22-19)21-15-9-5-2-6-10-15)13-16-11-12-17(24-16)14-7-3-1-4-8-14/h1-13H,(H,21,22,23)/b18-13-. The van der Waals surface area contributed by atoms with E-state index in [9.17, 15) is 4.79 Å². The second-order valence-electron chi connectivity index (χ2n) is 5.39. The lowest BCUT2D eigenvalue weighted by molar-refractivity contribution is -0.115. The summed E-state index contributed by atoms with van der Waals surface area (Å²) in [6.45, 7) is 0. The van der Waals surface area contributed by atoms with Gasteiger partial charge < -0.3 is 9.73 Å². The van der Waals surface area contributed by atoms with E-state index in [2.05, 4.69) is 10.3 Å². The number of carbonyl (C=O) groups excluding carboxylic acids is 1.